The molecular formula is C17H16N2O3S. The highest BCUT2D eigenvalue weighted by atomic mass is 32.2. The van der Waals surface area contributed by atoms with Crippen molar-refractivity contribution in [2.24, 2.45) is 0 Å². The lowest BCUT2D eigenvalue weighted by atomic mass is 10.2. The van der Waals surface area contributed by atoms with E-state index in [9.17, 15) is 8.42 Å². The molecule has 0 amide bonds. The fourth-order valence-corrected chi connectivity index (χ4v) is 3.30. The first-order chi connectivity index (χ1) is 11.1. The van der Waals surface area contributed by atoms with Crippen LogP contribution in [0, 0.1) is 0 Å². The number of nitrogens with zero attached hydrogens (tertiary/aromatic N) is 1. The monoisotopic (exact) mass is 328 g/mol. The first-order valence-corrected chi connectivity index (χ1v) is 8.78. The van der Waals surface area contributed by atoms with E-state index >= 15 is 0 Å². The van der Waals surface area contributed by atoms with E-state index in [1.165, 1.54) is 0 Å². The highest BCUT2D eigenvalue weighted by molar-refractivity contribution is 7.88. The molecule has 0 saturated carbocycles. The number of aromatic nitrogens is 1. The zero-order valence-corrected chi connectivity index (χ0v) is 13.2. The van der Waals surface area contributed by atoms with Crippen molar-refractivity contribution in [3.05, 3.63) is 78.2 Å². The molecule has 0 bridgehead atoms. The molecule has 23 heavy (non-hydrogen) atoms. The summed E-state index contributed by atoms with van der Waals surface area (Å²) in [5, 5.41) is 0. The lowest BCUT2D eigenvalue weighted by molar-refractivity contribution is 0.579. The van der Waals surface area contributed by atoms with E-state index < -0.39 is 10.0 Å². The quantitative estimate of drug-likeness (QED) is 0.755. The molecular weight excluding hydrogens is 312 g/mol. The van der Waals surface area contributed by atoms with Crippen LogP contribution in [0.3, 0.4) is 0 Å². The van der Waals surface area contributed by atoms with E-state index in [4.69, 9.17) is 4.42 Å². The van der Waals surface area contributed by atoms with Crippen LogP contribution < -0.4 is 4.72 Å². The molecule has 1 aromatic carbocycles. The van der Waals surface area contributed by atoms with Gasteiger partial charge in [-0.05, 0) is 35.4 Å². The minimum Gasteiger partial charge on any atom is -0.463 e. The lowest BCUT2D eigenvalue weighted by Crippen LogP contribution is -2.24. The van der Waals surface area contributed by atoms with Crippen molar-refractivity contribution in [2.75, 3.05) is 0 Å². The second kappa shape index (κ2) is 6.76. The van der Waals surface area contributed by atoms with E-state index in [0.717, 1.165) is 11.1 Å². The topological polar surface area (TPSA) is 72.2 Å². The van der Waals surface area contributed by atoms with Crippen LogP contribution >= 0.6 is 0 Å². The van der Waals surface area contributed by atoms with Gasteiger partial charge in [-0.3, -0.25) is 4.98 Å². The number of hydrogen-bond donors (Lipinski definition) is 1. The number of hydrogen-bond acceptors (Lipinski definition) is 4. The zero-order chi connectivity index (χ0) is 16.1. The predicted octanol–water partition coefficient (Wildman–Crippen LogP) is 2.96. The van der Waals surface area contributed by atoms with Crippen molar-refractivity contribution in [3.63, 3.8) is 0 Å². The van der Waals surface area contributed by atoms with Gasteiger partial charge >= 0.3 is 0 Å². The fourth-order valence-electron chi connectivity index (χ4n) is 2.18. The van der Waals surface area contributed by atoms with Gasteiger partial charge in [0.1, 0.15) is 5.69 Å². The summed E-state index contributed by atoms with van der Waals surface area (Å²) in [5.41, 5.74) is 2.25. The average molecular weight is 328 g/mol. The van der Waals surface area contributed by atoms with Gasteiger partial charge in [0, 0.05) is 12.7 Å². The van der Waals surface area contributed by atoms with E-state index in [1.807, 2.05) is 30.3 Å². The standard InChI is InChI=1S/C17H16N2O3S/c20-23(21,13-14-5-2-1-3-6-14)19-12-15-8-9-18-16(11-15)17-7-4-10-22-17/h1-11,19H,12-13H2. The van der Waals surface area contributed by atoms with Gasteiger partial charge in [0.25, 0.3) is 0 Å². The van der Waals surface area contributed by atoms with Gasteiger partial charge in [0.15, 0.2) is 5.76 Å². The molecule has 0 fully saturated rings. The van der Waals surface area contributed by atoms with Crippen molar-refractivity contribution in [3.8, 4) is 11.5 Å². The molecule has 0 spiro atoms. The Hall–Kier alpha value is -2.44. The van der Waals surface area contributed by atoms with Gasteiger partial charge in [0.05, 0.1) is 12.0 Å². The first kappa shape index (κ1) is 15.5. The minimum absolute atomic E-state index is 0.0377. The Morgan fingerprint density at radius 2 is 1.83 bits per heavy atom. The second-order valence-corrected chi connectivity index (χ2v) is 6.90. The Labute approximate surface area is 135 Å². The van der Waals surface area contributed by atoms with Gasteiger partial charge in [0.2, 0.25) is 10.0 Å². The molecule has 0 aliphatic carbocycles. The average Bonchev–Trinajstić information content (AvgIpc) is 3.08. The maximum atomic E-state index is 12.1. The van der Waals surface area contributed by atoms with Crippen LogP contribution in [0.25, 0.3) is 11.5 Å². The molecule has 0 aliphatic rings. The third-order valence-electron chi connectivity index (χ3n) is 3.29. The van der Waals surface area contributed by atoms with Crippen LogP contribution in [-0.2, 0) is 22.3 Å². The molecule has 6 heteroatoms. The largest absolute Gasteiger partial charge is 0.463 e. The Kier molecular flexibility index (Phi) is 4.55. The van der Waals surface area contributed by atoms with Crippen LogP contribution in [0.2, 0.25) is 0 Å². The van der Waals surface area contributed by atoms with Gasteiger partial charge in [-0.2, -0.15) is 0 Å². The zero-order valence-electron chi connectivity index (χ0n) is 12.3. The fraction of sp³-hybridized carbons (Fsp3) is 0.118. The van der Waals surface area contributed by atoms with Crippen LogP contribution in [-0.4, -0.2) is 13.4 Å². The van der Waals surface area contributed by atoms with Gasteiger partial charge in [-0.25, -0.2) is 13.1 Å². The summed E-state index contributed by atoms with van der Waals surface area (Å²) in [6.07, 6.45) is 3.21. The highest BCUT2D eigenvalue weighted by Crippen LogP contribution is 2.18. The number of pyridine rings is 1. The highest BCUT2D eigenvalue weighted by Gasteiger charge is 2.11. The number of sulfonamides is 1. The molecule has 0 atom stereocenters. The summed E-state index contributed by atoms with van der Waals surface area (Å²) < 4.78 is 32.2. The summed E-state index contributed by atoms with van der Waals surface area (Å²) >= 11 is 0. The molecule has 3 aromatic rings. The molecule has 5 nitrogen and oxygen atoms in total. The van der Waals surface area contributed by atoms with Gasteiger partial charge in [-0.1, -0.05) is 30.3 Å². The smallest absolute Gasteiger partial charge is 0.216 e. The Morgan fingerprint density at radius 3 is 2.57 bits per heavy atom. The van der Waals surface area contributed by atoms with Crippen molar-refractivity contribution in [1.82, 2.24) is 9.71 Å². The molecule has 0 unspecified atom stereocenters. The van der Waals surface area contributed by atoms with Crippen molar-refractivity contribution in [2.45, 2.75) is 12.3 Å². The maximum absolute atomic E-state index is 12.1. The van der Waals surface area contributed by atoms with E-state index in [-0.39, 0.29) is 12.3 Å². The summed E-state index contributed by atoms with van der Waals surface area (Å²) in [4.78, 5) is 4.22. The number of furan rings is 1. The van der Waals surface area contributed by atoms with Crippen LogP contribution in [0.5, 0.6) is 0 Å². The molecule has 3 rings (SSSR count). The van der Waals surface area contributed by atoms with Crippen LogP contribution in [0.4, 0.5) is 0 Å². The Morgan fingerprint density at radius 1 is 1.00 bits per heavy atom. The van der Waals surface area contributed by atoms with Crippen molar-refractivity contribution in [1.29, 1.82) is 0 Å². The SMILES string of the molecule is O=S(=O)(Cc1ccccc1)NCc1ccnc(-c2ccco2)c1. The predicted molar refractivity (Wildman–Crippen MR) is 87.8 cm³/mol. The molecule has 0 saturated heterocycles. The van der Waals surface area contributed by atoms with Crippen LogP contribution in [0.1, 0.15) is 11.1 Å². The molecule has 0 radical (unpaired) electrons. The molecule has 118 valence electrons. The second-order valence-electron chi connectivity index (χ2n) is 5.09. The number of benzene rings is 1. The van der Waals surface area contributed by atoms with Crippen molar-refractivity contribution < 1.29 is 12.8 Å². The minimum atomic E-state index is -3.39. The Balaban J connectivity index is 1.67. The lowest BCUT2D eigenvalue weighted by Gasteiger charge is -2.07. The molecule has 1 N–H and O–H groups in total. The number of rotatable bonds is 6. The normalized spacial score (nSPS) is 11.5. The molecule has 2 heterocycles. The van der Waals surface area contributed by atoms with E-state index in [2.05, 4.69) is 9.71 Å². The van der Waals surface area contributed by atoms with Gasteiger partial charge < -0.3 is 4.42 Å². The summed E-state index contributed by atoms with van der Waals surface area (Å²) in [5.74, 6) is 0.614. The Bertz CT molecular complexity index is 860. The summed E-state index contributed by atoms with van der Waals surface area (Å²) in [6.45, 7) is 0.214. The van der Waals surface area contributed by atoms with Crippen molar-refractivity contribution >= 4 is 10.0 Å². The molecule has 2 aromatic heterocycles. The summed E-state index contributed by atoms with van der Waals surface area (Å²) in [6, 6.07) is 16.3. The molecule has 0 aliphatic heterocycles. The summed E-state index contributed by atoms with van der Waals surface area (Å²) in [7, 11) is -3.39. The third kappa shape index (κ3) is 4.28. The van der Waals surface area contributed by atoms with Crippen LogP contribution in [0.15, 0.2) is 71.5 Å². The van der Waals surface area contributed by atoms with E-state index in [1.54, 1.807) is 36.7 Å². The number of nitrogens with one attached hydrogen (secondary N) is 1. The first-order valence-electron chi connectivity index (χ1n) is 7.12. The van der Waals surface area contributed by atoms with Gasteiger partial charge in [-0.15, -0.1) is 0 Å². The maximum Gasteiger partial charge on any atom is 0.216 e. The third-order valence-corrected chi connectivity index (χ3v) is 4.59. The van der Waals surface area contributed by atoms with E-state index in [0.29, 0.717) is 11.5 Å².